The van der Waals surface area contributed by atoms with Gasteiger partial charge in [0.1, 0.15) is 5.75 Å². The SMILES string of the molecule is CCOc1c(Cl)cc(Cl)cc1CNCc1cccs1. The van der Waals surface area contributed by atoms with Crippen LogP contribution in [-0.2, 0) is 13.1 Å². The summed E-state index contributed by atoms with van der Waals surface area (Å²) >= 11 is 13.9. The Morgan fingerprint density at radius 1 is 1.26 bits per heavy atom. The van der Waals surface area contributed by atoms with Gasteiger partial charge in [0.05, 0.1) is 11.6 Å². The van der Waals surface area contributed by atoms with E-state index in [0.717, 1.165) is 12.1 Å². The fraction of sp³-hybridized carbons (Fsp3) is 0.286. The van der Waals surface area contributed by atoms with Crippen LogP contribution in [0.2, 0.25) is 10.0 Å². The Kier molecular flexibility index (Phi) is 5.52. The molecule has 1 aromatic carbocycles. The number of halogens is 2. The first-order valence-electron chi connectivity index (χ1n) is 6.04. The maximum atomic E-state index is 6.16. The molecule has 0 bridgehead atoms. The number of rotatable bonds is 6. The number of hydrogen-bond acceptors (Lipinski definition) is 3. The van der Waals surface area contributed by atoms with Crippen molar-refractivity contribution in [3.8, 4) is 5.75 Å². The minimum Gasteiger partial charge on any atom is -0.492 e. The summed E-state index contributed by atoms with van der Waals surface area (Å²) in [5.41, 5.74) is 0.982. The van der Waals surface area contributed by atoms with Gasteiger partial charge in [0.2, 0.25) is 0 Å². The predicted molar refractivity (Wildman–Crippen MR) is 82.5 cm³/mol. The Bertz CT molecular complexity index is 528. The van der Waals surface area contributed by atoms with Crippen molar-refractivity contribution in [1.82, 2.24) is 5.32 Å². The Labute approximate surface area is 127 Å². The third-order valence-corrected chi connectivity index (χ3v) is 3.94. The molecular weight excluding hydrogens is 301 g/mol. The van der Waals surface area contributed by atoms with Crippen molar-refractivity contribution < 1.29 is 4.74 Å². The highest BCUT2D eigenvalue weighted by atomic mass is 35.5. The number of hydrogen-bond donors (Lipinski definition) is 1. The molecule has 0 radical (unpaired) electrons. The molecule has 2 nitrogen and oxygen atoms in total. The molecule has 0 aliphatic rings. The molecule has 0 unspecified atom stereocenters. The fourth-order valence-electron chi connectivity index (χ4n) is 1.78. The van der Waals surface area contributed by atoms with Crippen molar-refractivity contribution in [2.45, 2.75) is 20.0 Å². The average molecular weight is 316 g/mol. The molecule has 102 valence electrons. The molecule has 19 heavy (non-hydrogen) atoms. The van der Waals surface area contributed by atoms with Crippen LogP contribution in [0.4, 0.5) is 0 Å². The van der Waals surface area contributed by atoms with Crippen LogP contribution in [0, 0.1) is 0 Å². The lowest BCUT2D eigenvalue weighted by Crippen LogP contribution is -2.13. The number of thiophene rings is 1. The van der Waals surface area contributed by atoms with Crippen LogP contribution >= 0.6 is 34.5 Å². The summed E-state index contributed by atoms with van der Waals surface area (Å²) in [5.74, 6) is 0.715. The van der Waals surface area contributed by atoms with Gasteiger partial charge in [0, 0.05) is 28.6 Å². The van der Waals surface area contributed by atoms with Crippen LogP contribution in [0.5, 0.6) is 5.75 Å². The Balaban J connectivity index is 2.05. The van der Waals surface area contributed by atoms with Gasteiger partial charge in [-0.3, -0.25) is 0 Å². The molecule has 1 N–H and O–H groups in total. The normalized spacial score (nSPS) is 10.7. The molecule has 2 rings (SSSR count). The van der Waals surface area contributed by atoms with Crippen LogP contribution in [0.25, 0.3) is 0 Å². The molecule has 0 aliphatic carbocycles. The minimum atomic E-state index is 0.558. The van der Waals surface area contributed by atoms with Crippen molar-refractivity contribution in [2.24, 2.45) is 0 Å². The highest BCUT2D eigenvalue weighted by molar-refractivity contribution is 7.09. The Morgan fingerprint density at radius 2 is 2.11 bits per heavy atom. The van der Waals surface area contributed by atoms with E-state index in [9.17, 15) is 0 Å². The topological polar surface area (TPSA) is 21.3 Å². The molecule has 5 heteroatoms. The van der Waals surface area contributed by atoms with Gasteiger partial charge in [0.25, 0.3) is 0 Å². The van der Waals surface area contributed by atoms with Gasteiger partial charge in [-0.15, -0.1) is 11.3 Å². The molecule has 1 aromatic heterocycles. The highest BCUT2D eigenvalue weighted by Gasteiger charge is 2.10. The molecular formula is C14H15Cl2NOS. The van der Waals surface area contributed by atoms with Gasteiger partial charge in [-0.05, 0) is 30.5 Å². The molecule has 0 fully saturated rings. The molecule has 0 saturated heterocycles. The average Bonchev–Trinajstić information content (AvgIpc) is 2.86. The maximum Gasteiger partial charge on any atom is 0.142 e. The number of benzene rings is 1. The summed E-state index contributed by atoms with van der Waals surface area (Å²) in [7, 11) is 0. The van der Waals surface area contributed by atoms with Crippen molar-refractivity contribution in [3.63, 3.8) is 0 Å². The van der Waals surface area contributed by atoms with Crippen LogP contribution < -0.4 is 10.1 Å². The predicted octanol–water partition coefficient (Wildman–Crippen LogP) is 4.74. The Hall–Kier alpha value is -0.740. The first kappa shape index (κ1) is 14.7. The van der Waals surface area contributed by atoms with E-state index in [0.29, 0.717) is 28.9 Å². The molecule has 0 aliphatic heterocycles. The molecule has 0 saturated carbocycles. The molecule has 2 aromatic rings. The second-order valence-corrected chi connectivity index (χ2v) is 5.87. The molecule has 1 heterocycles. The molecule has 0 spiro atoms. The Morgan fingerprint density at radius 3 is 2.79 bits per heavy atom. The van der Waals surface area contributed by atoms with Gasteiger partial charge in [-0.2, -0.15) is 0 Å². The summed E-state index contributed by atoms with van der Waals surface area (Å²) in [4.78, 5) is 1.30. The zero-order valence-corrected chi connectivity index (χ0v) is 12.9. The van der Waals surface area contributed by atoms with Crippen molar-refractivity contribution in [1.29, 1.82) is 0 Å². The van der Waals surface area contributed by atoms with Crippen molar-refractivity contribution in [2.75, 3.05) is 6.61 Å². The van der Waals surface area contributed by atoms with Gasteiger partial charge in [-0.25, -0.2) is 0 Å². The molecule has 0 amide bonds. The maximum absolute atomic E-state index is 6.16. The second kappa shape index (κ2) is 7.15. The van der Waals surface area contributed by atoms with E-state index >= 15 is 0 Å². The summed E-state index contributed by atoms with van der Waals surface area (Å²) in [5, 5.41) is 6.62. The summed E-state index contributed by atoms with van der Waals surface area (Å²) in [6.07, 6.45) is 0. The zero-order valence-electron chi connectivity index (χ0n) is 10.6. The third-order valence-electron chi connectivity index (χ3n) is 2.57. The van der Waals surface area contributed by atoms with Crippen LogP contribution in [-0.4, -0.2) is 6.61 Å². The fourth-order valence-corrected chi connectivity index (χ4v) is 3.05. The number of nitrogens with one attached hydrogen (secondary N) is 1. The van der Waals surface area contributed by atoms with Crippen LogP contribution in [0.15, 0.2) is 29.6 Å². The summed E-state index contributed by atoms with van der Waals surface area (Å²) < 4.78 is 5.58. The largest absolute Gasteiger partial charge is 0.492 e. The summed E-state index contributed by atoms with van der Waals surface area (Å²) in [6.45, 7) is 4.02. The van der Waals surface area contributed by atoms with E-state index in [4.69, 9.17) is 27.9 Å². The van der Waals surface area contributed by atoms with E-state index in [1.54, 1.807) is 17.4 Å². The lowest BCUT2D eigenvalue weighted by atomic mass is 10.2. The van der Waals surface area contributed by atoms with E-state index < -0.39 is 0 Å². The lowest BCUT2D eigenvalue weighted by Gasteiger charge is -2.13. The van der Waals surface area contributed by atoms with Crippen molar-refractivity contribution >= 4 is 34.5 Å². The monoisotopic (exact) mass is 315 g/mol. The standard InChI is InChI=1S/C14H15Cl2NOS/c1-2-18-14-10(6-11(15)7-13(14)16)8-17-9-12-4-3-5-19-12/h3-7,17H,2,8-9H2,1H3. The summed E-state index contributed by atoms with van der Waals surface area (Å²) in [6, 6.07) is 7.74. The smallest absolute Gasteiger partial charge is 0.142 e. The van der Waals surface area contributed by atoms with Gasteiger partial charge in [0.15, 0.2) is 0 Å². The van der Waals surface area contributed by atoms with Crippen LogP contribution in [0.3, 0.4) is 0 Å². The number of ether oxygens (including phenoxy) is 1. The van der Waals surface area contributed by atoms with Gasteiger partial charge in [-0.1, -0.05) is 29.3 Å². The first-order chi connectivity index (χ1) is 9.20. The highest BCUT2D eigenvalue weighted by Crippen LogP contribution is 2.32. The van der Waals surface area contributed by atoms with E-state index in [-0.39, 0.29) is 0 Å². The second-order valence-electron chi connectivity index (χ2n) is 3.99. The van der Waals surface area contributed by atoms with E-state index in [2.05, 4.69) is 16.8 Å². The minimum absolute atomic E-state index is 0.558. The van der Waals surface area contributed by atoms with Crippen LogP contribution in [0.1, 0.15) is 17.4 Å². The zero-order chi connectivity index (χ0) is 13.7. The quantitative estimate of drug-likeness (QED) is 0.831. The molecule has 0 atom stereocenters. The first-order valence-corrected chi connectivity index (χ1v) is 7.68. The van der Waals surface area contributed by atoms with Gasteiger partial charge >= 0.3 is 0 Å². The van der Waals surface area contributed by atoms with E-state index in [1.165, 1.54) is 4.88 Å². The van der Waals surface area contributed by atoms with Crippen molar-refractivity contribution in [3.05, 3.63) is 50.1 Å². The third kappa shape index (κ3) is 4.11. The lowest BCUT2D eigenvalue weighted by molar-refractivity contribution is 0.335. The van der Waals surface area contributed by atoms with E-state index in [1.807, 2.05) is 19.1 Å². The van der Waals surface area contributed by atoms with Gasteiger partial charge < -0.3 is 10.1 Å².